The third-order valence-electron chi connectivity index (χ3n) is 1.20. The molecular weight excluding hydrogens is 283 g/mol. The summed E-state index contributed by atoms with van der Waals surface area (Å²) in [5.41, 5.74) is 0. The molecule has 0 aromatic carbocycles. The van der Waals surface area contributed by atoms with Crippen molar-refractivity contribution in [3.63, 3.8) is 0 Å². The maximum absolute atomic E-state index is 5.47. The molecule has 0 atom stereocenters. The summed E-state index contributed by atoms with van der Waals surface area (Å²) in [6.07, 6.45) is 3.29. The van der Waals surface area contributed by atoms with Crippen LogP contribution in [0.1, 0.15) is 40.0 Å². The van der Waals surface area contributed by atoms with Crippen molar-refractivity contribution in [1.82, 2.24) is 0 Å². The molecule has 0 rings (SSSR count). The predicted octanol–water partition coefficient (Wildman–Crippen LogP) is 5.44. The molecule has 0 heterocycles. The van der Waals surface area contributed by atoms with Crippen LogP contribution in [0.5, 0.6) is 0 Å². The van der Waals surface area contributed by atoms with Crippen molar-refractivity contribution in [2.75, 3.05) is 17.3 Å². The molecule has 7 heteroatoms. The maximum Gasteiger partial charge on any atom is 0.369 e. The normalized spacial score (nSPS) is 11.2. The van der Waals surface area contributed by atoms with E-state index in [9.17, 15) is 0 Å². The third-order valence-corrected chi connectivity index (χ3v) is 5.65. The van der Waals surface area contributed by atoms with Gasteiger partial charge in [-0.3, -0.25) is 0 Å². The molecule has 0 unspecified atom stereocenters. The van der Waals surface area contributed by atoms with Crippen molar-refractivity contribution in [2.45, 2.75) is 40.0 Å². The Morgan fingerprint density at radius 2 is 1.00 bits per heavy atom. The molecule has 0 aliphatic heterocycles. The van der Waals surface area contributed by atoms with E-state index in [0.717, 1.165) is 36.5 Å². The first-order chi connectivity index (χ1) is 7.85. The second-order valence-corrected chi connectivity index (χ2v) is 7.08. The van der Waals surface area contributed by atoms with Gasteiger partial charge >= 0.3 is 8.60 Å². The molecule has 0 bridgehead atoms. The molecule has 0 saturated carbocycles. The van der Waals surface area contributed by atoms with Gasteiger partial charge in [0.25, 0.3) is 0 Å². The van der Waals surface area contributed by atoms with E-state index in [1.807, 2.05) is 0 Å². The van der Waals surface area contributed by atoms with Crippen molar-refractivity contribution in [3.05, 3.63) is 0 Å². The lowest BCUT2D eigenvalue weighted by Gasteiger charge is -2.12. The molecule has 0 aromatic rings. The zero-order valence-corrected chi connectivity index (χ0v) is 13.5. The standard InChI is InChI=1S/C9H21O3PS3/c1-4-7-14-10-13(11-15-8-5-2)12-16-9-6-3/h4-9H2,1-3H3. The molecule has 0 aromatic heterocycles. The van der Waals surface area contributed by atoms with E-state index in [1.54, 1.807) is 0 Å². The fourth-order valence-electron chi connectivity index (χ4n) is 0.528. The van der Waals surface area contributed by atoms with Crippen LogP contribution in [0.25, 0.3) is 0 Å². The van der Waals surface area contributed by atoms with E-state index in [0.29, 0.717) is 0 Å². The predicted molar refractivity (Wildman–Crippen MR) is 78.4 cm³/mol. The highest BCUT2D eigenvalue weighted by Gasteiger charge is 2.14. The molecule has 0 N–H and O–H groups in total. The van der Waals surface area contributed by atoms with E-state index in [4.69, 9.17) is 11.9 Å². The van der Waals surface area contributed by atoms with E-state index >= 15 is 0 Å². The fraction of sp³-hybridized carbons (Fsp3) is 1.00. The van der Waals surface area contributed by atoms with Crippen LogP contribution in [0.4, 0.5) is 0 Å². The average molecular weight is 304 g/mol. The van der Waals surface area contributed by atoms with Gasteiger partial charge in [-0.05, 0) is 19.3 Å². The zero-order chi connectivity index (χ0) is 12.1. The monoisotopic (exact) mass is 304 g/mol. The Balaban J connectivity index is 3.58. The molecule has 0 spiro atoms. The third kappa shape index (κ3) is 11.8. The number of rotatable bonds is 12. The second kappa shape index (κ2) is 14.4. The Hall–Kier alpha value is 1.36. The average Bonchev–Trinajstić information content (AvgIpc) is 2.29. The van der Waals surface area contributed by atoms with E-state index < -0.39 is 8.60 Å². The van der Waals surface area contributed by atoms with Gasteiger partial charge in [0.05, 0.1) is 0 Å². The van der Waals surface area contributed by atoms with Crippen LogP contribution in [0.2, 0.25) is 0 Å². The fourth-order valence-corrected chi connectivity index (χ4v) is 3.92. The molecule has 0 fully saturated rings. The van der Waals surface area contributed by atoms with Gasteiger partial charge in [-0.15, -0.1) is 0 Å². The van der Waals surface area contributed by atoms with Crippen molar-refractivity contribution in [2.24, 2.45) is 0 Å². The Morgan fingerprint density at radius 3 is 1.25 bits per heavy atom. The number of hydrogen-bond acceptors (Lipinski definition) is 6. The Labute approximate surface area is 114 Å². The smallest absolute Gasteiger partial charge is 0.239 e. The van der Waals surface area contributed by atoms with E-state index in [2.05, 4.69) is 20.8 Å². The summed E-state index contributed by atoms with van der Waals surface area (Å²) >= 11 is 4.29. The van der Waals surface area contributed by atoms with Crippen LogP contribution >= 0.6 is 44.7 Å². The van der Waals surface area contributed by atoms with Crippen LogP contribution < -0.4 is 0 Å². The quantitative estimate of drug-likeness (QED) is 0.271. The summed E-state index contributed by atoms with van der Waals surface area (Å²) in [5.74, 6) is 2.92. The Morgan fingerprint density at radius 1 is 0.688 bits per heavy atom. The summed E-state index contributed by atoms with van der Waals surface area (Å²) < 4.78 is 16.4. The first-order valence-corrected chi connectivity index (χ1v) is 9.36. The molecule has 3 nitrogen and oxygen atoms in total. The van der Waals surface area contributed by atoms with E-state index in [-0.39, 0.29) is 0 Å². The Bertz CT molecular complexity index is 119. The molecule has 0 aliphatic rings. The molecule has 98 valence electrons. The summed E-state index contributed by atoms with van der Waals surface area (Å²) in [4.78, 5) is 0. The van der Waals surface area contributed by atoms with Gasteiger partial charge in [0.15, 0.2) is 0 Å². The SMILES string of the molecule is CCCSOP(OSCCC)OSCCC. The lowest BCUT2D eigenvalue weighted by atomic mass is 10.6. The van der Waals surface area contributed by atoms with Gasteiger partial charge in [0.2, 0.25) is 0 Å². The summed E-state index contributed by atoms with van der Waals surface area (Å²) in [7, 11) is -1.21. The first kappa shape index (κ1) is 17.4. The van der Waals surface area contributed by atoms with E-state index in [1.165, 1.54) is 36.1 Å². The molecule has 16 heavy (non-hydrogen) atoms. The van der Waals surface area contributed by atoms with Gasteiger partial charge in [-0.1, -0.05) is 20.8 Å². The molecular formula is C9H21O3PS3. The molecule has 0 radical (unpaired) electrons. The summed E-state index contributed by atoms with van der Waals surface area (Å²) in [6, 6.07) is 0. The molecule has 0 amide bonds. The van der Waals surface area contributed by atoms with Crippen LogP contribution in [0.15, 0.2) is 0 Å². The lowest BCUT2D eigenvalue weighted by Crippen LogP contribution is -1.85. The van der Waals surface area contributed by atoms with Crippen molar-refractivity contribution in [3.8, 4) is 0 Å². The topological polar surface area (TPSA) is 27.7 Å². The van der Waals surface area contributed by atoms with Gasteiger partial charge < -0.3 is 0 Å². The minimum Gasteiger partial charge on any atom is -0.239 e. The first-order valence-electron chi connectivity index (χ1n) is 5.54. The van der Waals surface area contributed by atoms with Gasteiger partial charge in [0, 0.05) is 53.4 Å². The van der Waals surface area contributed by atoms with Crippen molar-refractivity contribution >= 4 is 44.7 Å². The highest BCUT2D eigenvalue weighted by Crippen LogP contribution is 2.50. The summed E-state index contributed by atoms with van der Waals surface area (Å²) in [6.45, 7) is 6.37. The van der Waals surface area contributed by atoms with Crippen molar-refractivity contribution < 1.29 is 11.9 Å². The Kier molecular flexibility index (Phi) is 15.6. The van der Waals surface area contributed by atoms with Crippen molar-refractivity contribution in [1.29, 1.82) is 0 Å². The highest BCUT2D eigenvalue weighted by atomic mass is 32.2. The van der Waals surface area contributed by atoms with Crippen LogP contribution in [0.3, 0.4) is 0 Å². The lowest BCUT2D eigenvalue weighted by molar-refractivity contribution is 0.468. The summed E-state index contributed by atoms with van der Waals surface area (Å²) in [5, 5.41) is 0. The van der Waals surface area contributed by atoms with Gasteiger partial charge in [-0.25, -0.2) is 11.9 Å². The van der Waals surface area contributed by atoms with Crippen LogP contribution in [-0.2, 0) is 11.9 Å². The largest absolute Gasteiger partial charge is 0.369 e. The van der Waals surface area contributed by atoms with Crippen LogP contribution in [-0.4, -0.2) is 17.3 Å². The molecule has 0 saturated heterocycles. The minimum absolute atomic E-state index is 0.975. The maximum atomic E-state index is 5.47. The molecule has 0 aliphatic carbocycles. The van der Waals surface area contributed by atoms with Gasteiger partial charge in [0.1, 0.15) is 0 Å². The minimum atomic E-state index is -1.21. The number of hydrogen-bond donors (Lipinski definition) is 0. The second-order valence-electron chi connectivity index (χ2n) is 2.91. The van der Waals surface area contributed by atoms with Crippen LogP contribution in [0, 0.1) is 0 Å². The van der Waals surface area contributed by atoms with Gasteiger partial charge in [-0.2, -0.15) is 0 Å². The zero-order valence-electron chi connectivity index (χ0n) is 10.1. The highest BCUT2D eigenvalue weighted by molar-refractivity contribution is 8.03.